The Kier molecular flexibility index (Phi) is 6.88. The van der Waals surface area contributed by atoms with Gasteiger partial charge in [0.25, 0.3) is 0 Å². The first-order valence-electron chi connectivity index (χ1n) is 6.22. The minimum absolute atomic E-state index is 0.190. The van der Waals surface area contributed by atoms with Crippen LogP contribution in [-0.2, 0) is 11.3 Å². The molecule has 6 nitrogen and oxygen atoms in total. The summed E-state index contributed by atoms with van der Waals surface area (Å²) in [6, 6.07) is -0.219. The Morgan fingerprint density at radius 2 is 2.11 bits per heavy atom. The molecule has 0 saturated carbocycles. The van der Waals surface area contributed by atoms with Crippen molar-refractivity contribution in [2.75, 3.05) is 6.54 Å². The molecule has 0 aliphatic rings. The molecule has 7 heteroatoms. The van der Waals surface area contributed by atoms with Gasteiger partial charge in [-0.05, 0) is 19.8 Å². The zero-order chi connectivity index (χ0) is 14.1. The number of carboxylic acids is 1. The Morgan fingerprint density at radius 3 is 2.74 bits per heavy atom. The molecule has 0 fully saturated rings. The molecule has 1 rings (SSSR count). The number of aromatic nitrogens is 1. The Balaban J connectivity index is 2.00. The molecule has 1 aromatic heterocycles. The number of carbonyl (C=O) groups excluding carboxylic acids is 1. The van der Waals surface area contributed by atoms with Gasteiger partial charge in [-0.3, -0.25) is 4.79 Å². The second kappa shape index (κ2) is 8.47. The quantitative estimate of drug-likeness (QED) is 0.636. The molecule has 0 radical (unpaired) electrons. The summed E-state index contributed by atoms with van der Waals surface area (Å²) in [6.45, 7) is 2.90. The lowest BCUT2D eigenvalue weighted by Gasteiger charge is -2.06. The van der Waals surface area contributed by atoms with E-state index in [4.69, 9.17) is 5.11 Å². The van der Waals surface area contributed by atoms with Crippen LogP contribution in [0.15, 0.2) is 5.38 Å². The van der Waals surface area contributed by atoms with Gasteiger partial charge in [0, 0.05) is 18.3 Å². The van der Waals surface area contributed by atoms with Crippen molar-refractivity contribution in [3.05, 3.63) is 16.1 Å². The third kappa shape index (κ3) is 7.40. The van der Waals surface area contributed by atoms with Crippen LogP contribution in [0.4, 0.5) is 4.79 Å². The van der Waals surface area contributed by atoms with Crippen LogP contribution in [0.5, 0.6) is 0 Å². The fourth-order valence-corrected chi connectivity index (χ4v) is 2.12. The van der Waals surface area contributed by atoms with E-state index in [1.54, 1.807) is 11.3 Å². The van der Waals surface area contributed by atoms with E-state index in [2.05, 4.69) is 15.6 Å². The lowest BCUT2D eigenvalue weighted by atomic mass is 10.2. The summed E-state index contributed by atoms with van der Waals surface area (Å²) in [6.07, 6.45) is 2.43. The maximum Gasteiger partial charge on any atom is 0.315 e. The number of carbonyl (C=O) groups is 2. The van der Waals surface area contributed by atoms with Gasteiger partial charge in [-0.15, -0.1) is 11.3 Å². The highest BCUT2D eigenvalue weighted by molar-refractivity contribution is 7.09. The van der Waals surface area contributed by atoms with Crippen molar-refractivity contribution in [2.24, 2.45) is 0 Å². The summed E-state index contributed by atoms with van der Waals surface area (Å²) < 4.78 is 0. The maximum atomic E-state index is 11.4. The number of rotatable bonds is 8. The molecule has 106 valence electrons. The molecular weight excluding hydrogens is 266 g/mol. The third-order valence-corrected chi connectivity index (χ3v) is 3.27. The number of amides is 2. The van der Waals surface area contributed by atoms with Gasteiger partial charge in [0.2, 0.25) is 0 Å². The molecule has 3 N–H and O–H groups in total. The number of carboxylic acid groups (broad SMARTS) is 1. The monoisotopic (exact) mass is 285 g/mol. The normalized spacial score (nSPS) is 10.2. The van der Waals surface area contributed by atoms with Crippen LogP contribution in [-0.4, -0.2) is 28.6 Å². The van der Waals surface area contributed by atoms with Crippen LogP contribution in [0.3, 0.4) is 0 Å². The lowest BCUT2D eigenvalue weighted by Crippen LogP contribution is -2.35. The van der Waals surface area contributed by atoms with Crippen molar-refractivity contribution < 1.29 is 14.7 Å². The van der Waals surface area contributed by atoms with Crippen LogP contribution in [0.2, 0.25) is 0 Å². The number of urea groups is 1. The largest absolute Gasteiger partial charge is 0.481 e. The predicted molar refractivity (Wildman–Crippen MR) is 73.2 cm³/mol. The number of nitrogens with zero attached hydrogens (tertiary/aromatic N) is 1. The summed E-state index contributed by atoms with van der Waals surface area (Å²) in [5, 5.41) is 16.8. The van der Waals surface area contributed by atoms with Crippen LogP contribution in [0.1, 0.15) is 36.4 Å². The van der Waals surface area contributed by atoms with Gasteiger partial charge in [-0.1, -0.05) is 6.42 Å². The van der Waals surface area contributed by atoms with Gasteiger partial charge in [-0.2, -0.15) is 0 Å². The number of aryl methyl sites for hydroxylation is 1. The van der Waals surface area contributed by atoms with Gasteiger partial charge in [0.05, 0.1) is 17.2 Å². The fourth-order valence-electron chi connectivity index (χ4n) is 1.50. The Labute approximate surface area is 116 Å². The number of thiazole rings is 1. The van der Waals surface area contributed by atoms with Crippen molar-refractivity contribution in [2.45, 2.75) is 39.2 Å². The molecule has 1 aromatic rings. The molecule has 0 aliphatic heterocycles. The molecule has 0 spiro atoms. The van der Waals surface area contributed by atoms with E-state index in [1.807, 2.05) is 12.3 Å². The van der Waals surface area contributed by atoms with Gasteiger partial charge in [-0.25, -0.2) is 9.78 Å². The highest BCUT2D eigenvalue weighted by Gasteiger charge is 2.02. The van der Waals surface area contributed by atoms with Gasteiger partial charge < -0.3 is 15.7 Å². The van der Waals surface area contributed by atoms with E-state index < -0.39 is 5.97 Å². The third-order valence-electron chi connectivity index (χ3n) is 2.45. The maximum absolute atomic E-state index is 11.4. The Morgan fingerprint density at radius 1 is 1.32 bits per heavy atom. The van der Waals surface area contributed by atoms with E-state index in [0.717, 1.165) is 23.5 Å². The van der Waals surface area contributed by atoms with E-state index in [-0.39, 0.29) is 12.5 Å². The molecule has 0 bridgehead atoms. The summed E-state index contributed by atoms with van der Waals surface area (Å²) in [5.74, 6) is -0.774. The predicted octanol–water partition coefficient (Wildman–Crippen LogP) is 1.90. The second-order valence-electron chi connectivity index (χ2n) is 4.17. The Bertz CT molecular complexity index is 420. The van der Waals surface area contributed by atoms with E-state index in [9.17, 15) is 9.59 Å². The number of nitrogens with one attached hydrogen (secondary N) is 2. The van der Waals surface area contributed by atoms with Crippen molar-refractivity contribution >= 4 is 23.3 Å². The first kappa shape index (κ1) is 15.4. The summed E-state index contributed by atoms with van der Waals surface area (Å²) >= 11 is 1.55. The van der Waals surface area contributed by atoms with Crippen molar-refractivity contribution in [3.8, 4) is 0 Å². The average molecular weight is 285 g/mol. The number of unbranched alkanes of at least 4 members (excludes halogenated alkanes) is 2. The molecule has 0 atom stereocenters. The molecule has 2 amide bonds. The summed E-state index contributed by atoms with van der Waals surface area (Å²) in [5.41, 5.74) is 0.860. The zero-order valence-corrected chi connectivity index (χ0v) is 11.8. The minimum Gasteiger partial charge on any atom is -0.481 e. The molecule has 0 aromatic carbocycles. The molecule has 0 saturated heterocycles. The number of aliphatic carboxylic acids is 1. The number of hydrogen-bond acceptors (Lipinski definition) is 4. The lowest BCUT2D eigenvalue weighted by molar-refractivity contribution is -0.137. The zero-order valence-electron chi connectivity index (χ0n) is 10.9. The molecule has 0 unspecified atom stereocenters. The van der Waals surface area contributed by atoms with Crippen molar-refractivity contribution in [1.29, 1.82) is 0 Å². The van der Waals surface area contributed by atoms with E-state index in [1.165, 1.54) is 0 Å². The van der Waals surface area contributed by atoms with Crippen molar-refractivity contribution in [1.82, 2.24) is 15.6 Å². The Hall–Kier alpha value is -1.63. The first-order chi connectivity index (χ1) is 9.08. The summed E-state index contributed by atoms with van der Waals surface area (Å²) in [4.78, 5) is 25.9. The van der Waals surface area contributed by atoms with Gasteiger partial charge in [0.1, 0.15) is 0 Å². The smallest absolute Gasteiger partial charge is 0.315 e. The minimum atomic E-state index is -0.774. The van der Waals surface area contributed by atoms with Crippen molar-refractivity contribution in [3.63, 3.8) is 0 Å². The number of hydrogen-bond donors (Lipinski definition) is 3. The molecule has 1 heterocycles. The summed E-state index contributed by atoms with van der Waals surface area (Å²) in [7, 11) is 0. The molecular formula is C12H19N3O3S. The average Bonchev–Trinajstić information content (AvgIpc) is 2.76. The van der Waals surface area contributed by atoms with E-state index >= 15 is 0 Å². The first-order valence-corrected chi connectivity index (χ1v) is 7.10. The van der Waals surface area contributed by atoms with Gasteiger partial charge in [0.15, 0.2) is 0 Å². The van der Waals surface area contributed by atoms with Crippen LogP contribution in [0, 0.1) is 6.92 Å². The van der Waals surface area contributed by atoms with Crippen LogP contribution >= 0.6 is 11.3 Å². The topological polar surface area (TPSA) is 91.3 Å². The second-order valence-corrected chi connectivity index (χ2v) is 5.23. The van der Waals surface area contributed by atoms with Gasteiger partial charge >= 0.3 is 12.0 Å². The SMILES string of the molecule is Cc1nc(CNC(=O)NCCCCCC(=O)O)cs1. The standard InChI is InChI=1S/C12H19N3O3S/c1-9-15-10(8-19-9)7-14-12(18)13-6-4-2-3-5-11(16)17/h8H,2-7H2,1H3,(H,16,17)(H2,13,14,18). The fraction of sp³-hybridized carbons (Fsp3) is 0.583. The highest BCUT2D eigenvalue weighted by Crippen LogP contribution is 2.07. The van der Waals surface area contributed by atoms with E-state index in [0.29, 0.717) is 19.5 Å². The van der Waals surface area contributed by atoms with Crippen LogP contribution in [0.25, 0.3) is 0 Å². The molecule has 0 aliphatic carbocycles. The van der Waals surface area contributed by atoms with Crippen LogP contribution < -0.4 is 10.6 Å². The molecule has 19 heavy (non-hydrogen) atoms. The highest BCUT2D eigenvalue weighted by atomic mass is 32.1.